The molecule has 0 aromatic heterocycles. The Hall–Kier alpha value is -3.07. The largest absolute Gasteiger partial charge is 0.481 e. The molecule has 0 aliphatic heterocycles. The van der Waals surface area contributed by atoms with E-state index in [9.17, 15) is 27.9 Å². The SMILES string of the molecule is [NH3+]Cc1ccc(Nc2ccc(C(F)(F)F)cc2NC(=O)C2CCCCC2C(=O)O)cc1. The molecule has 6 N–H and O–H groups in total. The molecule has 1 fully saturated rings. The second kappa shape index (κ2) is 9.38. The number of hydrogen-bond donors (Lipinski definition) is 4. The van der Waals surface area contributed by atoms with Crippen LogP contribution in [0, 0.1) is 11.8 Å². The van der Waals surface area contributed by atoms with E-state index >= 15 is 0 Å². The zero-order valence-electron chi connectivity index (χ0n) is 16.8. The molecule has 9 heteroatoms. The third-order valence-corrected chi connectivity index (χ3v) is 5.55. The Morgan fingerprint density at radius 3 is 2.23 bits per heavy atom. The molecule has 3 rings (SSSR count). The molecule has 2 unspecified atom stereocenters. The van der Waals surface area contributed by atoms with Crippen molar-refractivity contribution in [3.63, 3.8) is 0 Å². The van der Waals surface area contributed by atoms with Gasteiger partial charge in [-0.2, -0.15) is 13.2 Å². The number of aliphatic carboxylic acids is 1. The highest BCUT2D eigenvalue weighted by Crippen LogP contribution is 2.37. The summed E-state index contributed by atoms with van der Waals surface area (Å²) < 4.78 is 39.8. The fraction of sp³-hybridized carbons (Fsp3) is 0.364. The molecule has 6 nitrogen and oxygen atoms in total. The number of amides is 1. The third-order valence-electron chi connectivity index (χ3n) is 5.55. The van der Waals surface area contributed by atoms with Gasteiger partial charge in [0.15, 0.2) is 0 Å². The van der Waals surface area contributed by atoms with Crippen molar-refractivity contribution in [3.8, 4) is 0 Å². The summed E-state index contributed by atoms with van der Waals surface area (Å²) in [7, 11) is 0. The van der Waals surface area contributed by atoms with Crippen molar-refractivity contribution in [2.24, 2.45) is 11.8 Å². The number of nitrogens with one attached hydrogen (secondary N) is 2. The van der Waals surface area contributed by atoms with Gasteiger partial charge in [-0.25, -0.2) is 0 Å². The monoisotopic (exact) mass is 436 g/mol. The lowest BCUT2D eigenvalue weighted by atomic mass is 9.78. The van der Waals surface area contributed by atoms with E-state index in [1.807, 2.05) is 12.1 Å². The highest BCUT2D eigenvalue weighted by atomic mass is 19.4. The maximum Gasteiger partial charge on any atom is 0.416 e. The van der Waals surface area contributed by atoms with Crippen LogP contribution in [0.25, 0.3) is 0 Å². The van der Waals surface area contributed by atoms with Crippen molar-refractivity contribution in [1.82, 2.24) is 0 Å². The zero-order valence-corrected chi connectivity index (χ0v) is 16.8. The van der Waals surface area contributed by atoms with Crippen LogP contribution >= 0.6 is 0 Å². The topological polar surface area (TPSA) is 106 Å². The van der Waals surface area contributed by atoms with Gasteiger partial charge in [0.25, 0.3) is 0 Å². The van der Waals surface area contributed by atoms with Crippen LogP contribution in [0.3, 0.4) is 0 Å². The number of carbonyl (C=O) groups is 2. The van der Waals surface area contributed by atoms with Crippen LogP contribution in [0.2, 0.25) is 0 Å². The summed E-state index contributed by atoms with van der Waals surface area (Å²) in [5, 5.41) is 15.0. The van der Waals surface area contributed by atoms with Crippen LogP contribution in [0.1, 0.15) is 36.8 Å². The number of anilines is 3. The molecule has 0 spiro atoms. The van der Waals surface area contributed by atoms with E-state index in [1.165, 1.54) is 6.07 Å². The van der Waals surface area contributed by atoms with Crippen LogP contribution < -0.4 is 16.4 Å². The Labute approximate surface area is 177 Å². The Bertz CT molecular complexity index is 945. The van der Waals surface area contributed by atoms with E-state index in [1.54, 1.807) is 12.1 Å². The van der Waals surface area contributed by atoms with E-state index in [2.05, 4.69) is 16.4 Å². The molecule has 1 aliphatic rings. The predicted octanol–water partition coefficient (Wildman–Crippen LogP) is 4.02. The smallest absolute Gasteiger partial charge is 0.416 e. The molecule has 1 aliphatic carbocycles. The fourth-order valence-electron chi connectivity index (χ4n) is 3.81. The molecule has 2 aromatic carbocycles. The first-order valence-electron chi connectivity index (χ1n) is 10.1. The lowest BCUT2D eigenvalue weighted by Gasteiger charge is -2.28. The third kappa shape index (κ3) is 5.55. The minimum atomic E-state index is -4.58. The summed E-state index contributed by atoms with van der Waals surface area (Å²) in [5.74, 6) is -3.27. The summed E-state index contributed by atoms with van der Waals surface area (Å²) >= 11 is 0. The summed E-state index contributed by atoms with van der Waals surface area (Å²) in [6, 6.07) is 10.3. The van der Waals surface area contributed by atoms with E-state index < -0.39 is 35.5 Å². The maximum absolute atomic E-state index is 13.3. The number of quaternary nitrogens is 1. The van der Waals surface area contributed by atoms with Crippen LogP contribution in [0.4, 0.5) is 30.2 Å². The molecule has 0 radical (unpaired) electrons. The zero-order chi connectivity index (χ0) is 22.6. The van der Waals surface area contributed by atoms with Gasteiger partial charge >= 0.3 is 12.1 Å². The molecular weight excluding hydrogens is 411 g/mol. The number of rotatable bonds is 6. The standard InChI is InChI=1S/C22H24F3N3O3/c23-22(24,25)14-7-10-18(27-15-8-5-13(12-26)6-9-15)19(11-14)28-20(29)16-3-1-2-4-17(16)21(30)31/h5-11,16-17,27H,1-4,12,26H2,(H,28,29)(H,30,31)/p+1. The molecule has 0 heterocycles. The maximum atomic E-state index is 13.3. The summed E-state index contributed by atoms with van der Waals surface area (Å²) in [5.41, 5.74) is 4.77. The van der Waals surface area contributed by atoms with Crippen LogP contribution in [-0.2, 0) is 22.3 Å². The number of carbonyl (C=O) groups excluding carboxylic acids is 1. The van der Waals surface area contributed by atoms with Gasteiger partial charge in [-0.1, -0.05) is 25.0 Å². The number of carboxylic acid groups (broad SMARTS) is 1. The van der Waals surface area contributed by atoms with Crippen molar-refractivity contribution < 1.29 is 33.6 Å². The van der Waals surface area contributed by atoms with Gasteiger partial charge in [0.1, 0.15) is 0 Å². The second-order valence-corrected chi connectivity index (χ2v) is 7.65. The Morgan fingerprint density at radius 2 is 1.65 bits per heavy atom. The predicted molar refractivity (Wildman–Crippen MR) is 109 cm³/mol. The van der Waals surface area contributed by atoms with E-state index in [-0.39, 0.29) is 11.4 Å². The number of hydrogen-bond acceptors (Lipinski definition) is 3. The van der Waals surface area contributed by atoms with Crippen molar-refractivity contribution >= 4 is 28.9 Å². The van der Waals surface area contributed by atoms with Crippen LogP contribution in [0.5, 0.6) is 0 Å². The molecule has 2 atom stereocenters. The van der Waals surface area contributed by atoms with E-state index in [0.717, 1.165) is 17.7 Å². The molecule has 0 bridgehead atoms. The van der Waals surface area contributed by atoms with Gasteiger partial charge in [-0.15, -0.1) is 0 Å². The Balaban J connectivity index is 1.89. The minimum absolute atomic E-state index is 0.0456. The summed E-state index contributed by atoms with van der Waals surface area (Å²) in [6.07, 6.45) is -2.41. The Kier molecular flexibility index (Phi) is 6.84. The van der Waals surface area contributed by atoms with Gasteiger partial charge in [0.05, 0.1) is 35.3 Å². The average Bonchev–Trinajstić information content (AvgIpc) is 2.74. The van der Waals surface area contributed by atoms with Gasteiger partial charge < -0.3 is 21.5 Å². The van der Waals surface area contributed by atoms with Crippen LogP contribution in [0.15, 0.2) is 42.5 Å². The van der Waals surface area contributed by atoms with Crippen molar-refractivity contribution in [2.75, 3.05) is 10.6 Å². The summed E-state index contributed by atoms with van der Waals surface area (Å²) in [4.78, 5) is 24.4. The van der Waals surface area contributed by atoms with Crippen molar-refractivity contribution in [2.45, 2.75) is 38.4 Å². The molecule has 1 saturated carbocycles. The quantitative estimate of drug-likeness (QED) is 0.549. The van der Waals surface area contributed by atoms with E-state index in [0.29, 0.717) is 37.9 Å². The van der Waals surface area contributed by atoms with Crippen molar-refractivity contribution in [3.05, 3.63) is 53.6 Å². The molecule has 2 aromatic rings. The van der Waals surface area contributed by atoms with E-state index in [4.69, 9.17) is 0 Å². The van der Waals surface area contributed by atoms with Gasteiger partial charge in [-0.3, -0.25) is 9.59 Å². The second-order valence-electron chi connectivity index (χ2n) is 7.65. The van der Waals surface area contributed by atoms with Crippen molar-refractivity contribution in [1.29, 1.82) is 0 Å². The molecule has 1 amide bonds. The molecule has 166 valence electrons. The molecular formula is C22H25F3N3O3+. The molecule has 0 saturated heterocycles. The average molecular weight is 436 g/mol. The number of carboxylic acids is 1. The number of benzene rings is 2. The van der Waals surface area contributed by atoms with Gasteiger partial charge in [0.2, 0.25) is 5.91 Å². The summed E-state index contributed by atoms with van der Waals surface area (Å²) in [6.45, 7) is 0.605. The minimum Gasteiger partial charge on any atom is -0.481 e. The fourth-order valence-corrected chi connectivity index (χ4v) is 3.81. The molecule has 31 heavy (non-hydrogen) atoms. The lowest BCUT2D eigenvalue weighted by molar-refractivity contribution is -0.386. The van der Waals surface area contributed by atoms with Gasteiger partial charge in [0, 0.05) is 11.3 Å². The first-order chi connectivity index (χ1) is 14.7. The highest BCUT2D eigenvalue weighted by Gasteiger charge is 2.36. The normalized spacial score (nSPS) is 19.0. The Morgan fingerprint density at radius 1 is 1.00 bits per heavy atom. The number of alkyl halides is 3. The first kappa shape index (κ1) is 22.6. The lowest BCUT2D eigenvalue weighted by Crippen LogP contribution is -2.47. The van der Waals surface area contributed by atoms with Crippen LogP contribution in [-0.4, -0.2) is 17.0 Å². The first-order valence-corrected chi connectivity index (χ1v) is 10.1. The van der Waals surface area contributed by atoms with Gasteiger partial charge in [-0.05, 0) is 43.2 Å². The number of halogens is 3. The highest BCUT2D eigenvalue weighted by molar-refractivity contribution is 5.98.